The number of sulfonamides is 1. The molecule has 2 amide bonds. The summed E-state index contributed by atoms with van der Waals surface area (Å²) < 4.78 is 33.0. The van der Waals surface area contributed by atoms with Crippen molar-refractivity contribution in [3.8, 4) is 5.75 Å². The van der Waals surface area contributed by atoms with Crippen LogP contribution in [0.2, 0.25) is 5.02 Å². The van der Waals surface area contributed by atoms with E-state index in [1.54, 1.807) is 49.4 Å². The second kappa shape index (κ2) is 15.3. The van der Waals surface area contributed by atoms with Crippen LogP contribution in [0, 0.1) is 0 Å². The number of nitrogens with zero attached hydrogens (tertiary/aromatic N) is 2. The Morgan fingerprint density at radius 2 is 1.63 bits per heavy atom. The number of nitrogens with one attached hydrogen (secondary N) is 1. The molecule has 43 heavy (non-hydrogen) atoms. The first-order valence-corrected chi connectivity index (χ1v) is 17.0. The molecule has 1 atom stereocenters. The van der Waals surface area contributed by atoms with Gasteiger partial charge in [0.2, 0.25) is 21.8 Å². The number of amides is 2. The first kappa shape index (κ1) is 32.4. The van der Waals surface area contributed by atoms with Gasteiger partial charge in [-0.2, -0.15) is 0 Å². The molecule has 1 N–H and O–H groups in total. The maximum Gasteiger partial charge on any atom is 0.244 e. The molecule has 1 aliphatic carbocycles. The van der Waals surface area contributed by atoms with Crippen molar-refractivity contribution in [1.29, 1.82) is 0 Å². The van der Waals surface area contributed by atoms with Crippen LogP contribution in [0.5, 0.6) is 5.75 Å². The van der Waals surface area contributed by atoms with Gasteiger partial charge in [-0.25, -0.2) is 8.42 Å². The summed E-state index contributed by atoms with van der Waals surface area (Å²) in [7, 11) is -3.91. The van der Waals surface area contributed by atoms with E-state index < -0.39 is 28.5 Å². The number of carbonyl (C=O) groups is 2. The molecule has 1 unspecified atom stereocenters. The number of ether oxygens (including phenoxy) is 1. The first-order valence-electron chi connectivity index (χ1n) is 14.7. The van der Waals surface area contributed by atoms with Gasteiger partial charge < -0.3 is 15.0 Å². The van der Waals surface area contributed by atoms with Gasteiger partial charge in [0.05, 0.1) is 18.6 Å². The fraction of sp³-hybridized carbons (Fsp3) is 0.394. The molecule has 1 aliphatic rings. The lowest BCUT2D eigenvalue weighted by molar-refractivity contribution is -0.140. The third-order valence-corrected chi connectivity index (χ3v) is 8.94. The fourth-order valence-electron chi connectivity index (χ4n) is 5.47. The van der Waals surface area contributed by atoms with Gasteiger partial charge in [-0.3, -0.25) is 13.9 Å². The third-order valence-electron chi connectivity index (χ3n) is 7.58. The van der Waals surface area contributed by atoms with E-state index in [1.165, 1.54) is 4.90 Å². The van der Waals surface area contributed by atoms with Crippen LogP contribution in [0.4, 0.5) is 5.69 Å². The highest BCUT2D eigenvalue weighted by molar-refractivity contribution is 7.92. The van der Waals surface area contributed by atoms with Crippen LogP contribution in [0.1, 0.15) is 50.2 Å². The molecule has 1 saturated carbocycles. The van der Waals surface area contributed by atoms with Gasteiger partial charge in [-0.05, 0) is 55.2 Å². The van der Waals surface area contributed by atoms with Crippen molar-refractivity contribution in [1.82, 2.24) is 10.2 Å². The Labute approximate surface area is 260 Å². The van der Waals surface area contributed by atoms with E-state index in [1.807, 2.05) is 36.4 Å². The van der Waals surface area contributed by atoms with Gasteiger partial charge >= 0.3 is 0 Å². The number of halogens is 1. The standard InChI is InChI=1S/C33H40ClN3O5S/c1-3-42-31-20-11-10-19-29(31)37(43(2,40)41)24-32(38)36(23-26-15-12-16-27(34)21-26)30(22-25-13-6-4-7-14-25)33(39)35-28-17-8-5-9-18-28/h4,6-7,10-16,19-21,28,30H,3,5,8-9,17-18,22-24H2,1-2H3,(H,35,39). The molecule has 0 spiro atoms. The summed E-state index contributed by atoms with van der Waals surface area (Å²) in [5, 5.41) is 3.70. The molecular formula is C33H40ClN3O5S. The number of carbonyl (C=O) groups excluding carboxylic acids is 2. The lowest BCUT2D eigenvalue weighted by Crippen LogP contribution is -2.55. The molecule has 0 saturated heterocycles. The van der Waals surface area contributed by atoms with E-state index in [-0.39, 0.29) is 30.6 Å². The van der Waals surface area contributed by atoms with Crippen LogP contribution in [0.15, 0.2) is 78.9 Å². The molecule has 1 fully saturated rings. The minimum Gasteiger partial charge on any atom is -0.492 e. The number of benzene rings is 3. The Hall–Kier alpha value is -3.56. The number of hydrogen-bond acceptors (Lipinski definition) is 5. The SMILES string of the molecule is CCOc1ccccc1N(CC(=O)N(Cc1cccc(Cl)c1)C(Cc1ccccc1)C(=O)NC1CCCCC1)S(C)(=O)=O. The Morgan fingerprint density at radius 3 is 2.30 bits per heavy atom. The average molecular weight is 626 g/mol. The molecule has 0 aromatic heterocycles. The van der Waals surface area contributed by atoms with Gasteiger partial charge in [0.15, 0.2) is 0 Å². The quantitative estimate of drug-likeness (QED) is 0.267. The van der Waals surface area contributed by atoms with Crippen molar-refractivity contribution in [2.75, 3.05) is 23.7 Å². The zero-order valence-electron chi connectivity index (χ0n) is 24.7. The molecule has 10 heteroatoms. The Balaban J connectivity index is 1.74. The largest absolute Gasteiger partial charge is 0.492 e. The van der Waals surface area contributed by atoms with Crippen molar-refractivity contribution in [3.05, 3.63) is 95.0 Å². The van der Waals surface area contributed by atoms with Crippen LogP contribution >= 0.6 is 11.6 Å². The number of hydrogen-bond donors (Lipinski definition) is 1. The normalized spacial score (nSPS) is 14.5. The molecule has 230 valence electrons. The van der Waals surface area contributed by atoms with E-state index in [2.05, 4.69) is 5.32 Å². The Bertz CT molecular complexity index is 1480. The minimum absolute atomic E-state index is 0.0354. The molecule has 3 aromatic rings. The molecule has 4 rings (SSSR count). The van der Waals surface area contributed by atoms with E-state index >= 15 is 0 Å². The summed E-state index contributed by atoms with van der Waals surface area (Å²) in [6.45, 7) is 1.69. The van der Waals surface area contributed by atoms with Crippen LogP contribution in [0.25, 0.3) is 0 Å². The highest BCUT2D eigenvalue weighted by Gasteiger charge is 2.34. The van der Waals surface area contributed by atoms with Crippen molar-refractivity contribution in [2.45, 2.75) is 64.1 Å². The lowest BCUT2D eigenvalue weighted by Gasteiger charge is -2.35. The van der Waals surface area contributed by atoms with Gasteiger partial charge in [0.1, 0.15) is 18.3 Å². The Kier molecular flexibility index (Phi) is 11.5. The summed E-state index contributed by atoms with van der Waals surface area (Å²) in [5.74, 6) is -0.427. The first-order chi connectivity index (χ1) is 20.7. The average Bonchev–Trinajstić information content (AvgIpc) is 2.98. The molecule has 0 aliphatic heterocycles. The van der Waals surface area contributed by atoms with E-state index in [9.17, 15) is 18.0 Å². The van der Waals surface area contributed by atoms with Gasteiger partial charge in [0.25, 0.3) is 0 Å². The highest BCUT2D eigenvalue weighted by atomic mass is 35.5. The second-order valence-electron chi connectivity index (χ2n) is 10.9. The summed E-state index contributed by atoms with van der Waals surface area (Å²) in [4.78, 5) is 29.8. The third kappa shape index (κ3) is 9.21. The summed E-state index contributed by atoms with van der Waals surface area (Å²) in [6, 6.07) is 22.5. The monoisotopic (exact) mass is 625 g/mol. The topological polar surface area (TPSA) is 96.0 Å². The number of anilines is 1. The van der Waals surface area contributed by atoms with E-state index in [0.29, 0.717) is 17.4 Å². The molecule has 3 aromatic carbocycles. The fourth-order valence-corrected chi connectivity index (χ4v) is 6.53. The summed E-state index contributed by atoms with van der Waals surface area (Å²) in [5.41, 5.74) is 1.87. The van der Waals surface area contributed by atoms with Crippen LogP contribution in [-0.2, 0) is 32.6 Å². The predicted molar refractivity (Wildman–Crippen MR) is 171 cm³/mol. The Morgan fingerprint density at radius 1 is 0.953 bits per heavy atom. The zero-order valence-corrected chi connectivity index (χ0v) is 26.3. The lowest BCUT2D eigenvalue weighted by atomic mass is 9.94. The van der Waals surface area contributed by atoms with Crippen molar-refractivity contribution >= 4 is 39.1 Å². The maximum absolute atomic E-state index is 14.3. The smallest absolute Gasteiger partial charge is 0.244 e. The molecule has 0 bridgehead atoms. The number of para-hydroxylation sites is 2. The molecule has 8 nitrogen and oxygen atoms in total. The van der Waals surface area contributed by atoms with E-state index in [4.69, 9.17) is 16.3 Å². The minimum atomic E-state index is -3.91. The second-order valence-corrected chi connectivity index (χ2v) is 13.2. The summed E-state index contributed by atoms with van der Waals surface area (Å²) in [6.07, 6.45) is 6.33. The van der Waals surface area contributed by atoms with Crippen LogP contribution < -0.4 is 14.4 Å². The van der Waals surface area contributed by atoms with Crippen LogP contribution in [-0.4, -0.2) is 56.6 Å². The van der Waals surface area contributed by atoms with Crippen molar-refractivity contribution in [2.24, 2.45) is 0 Å². The van der Waals surface area contributed by atoms with Gasteiger partial charge in [-0.15, -0.1) is 0 Å². The van der Waals surface area contributed by atoms with Crippen molar-refractivity contribution in [3.63, 3.8) is 0 Å². The predicted octanol–water partition coefficient (Wildman–Crippen LogP) is 5.59. The maximum atomic E-state index is 14.3. The molecule has 0 radical (unpaired) electrons. The highest BCUT2D eigenvalue weighted by Crippen LogP contribution is 2.30. The molecule has 0 heterocycles. The zero-order chi connectivity index (χ0) is 30.8. The van der Waals surface area contributed by atoms with Crippen LogP contribution in [0.3, 0.4) is 0 Å². The van der Waals surface area contributed by atoms with Gasteiger partial charge in [0, 0.05) is 24.0 Å². The van der Waals surface area contributed by atoms with Gasteiger partial charge in [-0.1, -0.05) is 85.5 Å². The molecular weight excluding hydrogens is 586 g/mol. The number of rotatable bonds is 13. The summed E-state index contributed by atoms with van der Waals surface area (Å²) >= 11 is 6.30. The van der Waals surface area contributed by atoms with E-state index in [0.717, 1.165) is 53.8 Å². The van der Waals surface area contributed by atoms with Crippen molar-refractivity contribution < 1.29 is 22.7 Å².